The van der Waals surface area contributed by atoms with Crippen LogP contribution in [-0.4, -0.2) is 59.8 Å². The molecule has 42 heavy (non-hydrogen) atoms. The minimum absolute atomic E-state index is 0.0332. The van der Waals surface area contributed by atoms with Crippen LogP contribution < -0.4 is 10.2 Å². The van der Waals surface area contributed by atoms with Gasteiger partial charge in [0.2, 0.25) is 0 Å². The van der Waals surface area contributed by atoms with Crippen LogP contribution in [0.25, 0.3) is 37.4 Å². The molecule has 1 aliphatic heterocycles. The summed E-state index contributed by atoms with van der Waals surface area (Å²) in [5.41, 5.74) is 2.51. The van der Waals surface area contributed by atoms with Crippen molar-refractivity contribution in [3.05, 3.63) is 78.6 Å². The molecule has 212 valence electrons. The third kappa shape index (κ3) is 4.62. The molecule has 1 atom stereocenters. The number of benzene rings is 1. The molecule has 0 radical (unpaired) electrons. The largest absolute Gasteiger partial charge is 0.315 e. The third-order valence-electron chi connectivity index (χ3n) is 7.56. The number of carbonyl (C=O) groups is 1. The fraction of sp³-hybridized carbons (Fsp3) is 0.267. The van der Waals surface area contributed by atoms with Crippen LogP contribution in [0.1, 0.15) is 43.1 Å². The van der Waals surface area contributed by atoms with Gasteiger partial charge in [0.1, 0.15) is 17.2 Å². The Kier molecular flexibility index (Phi) is 6.71. The molecule has 1 aromatic carbocycles. The van der Waals surface area contributed by atoms with Crippen molar-refractivity contribution in [1.82, 2.24) is 40.1 Å². The predicted octanol–water partition coefficient (Wildman–Crippen LogP) is 5.41. The molecule has 10 nitrogen and oxygen atoms in total. The zero-order valence-electron chi connectivity index (χ0n) is 23.1. The normalized spacial score (nSPS) is 15.6. The molecule has 6 heterocycles. The number of rotatable bonds is 6. The predicted molar refractivity (Wildman–Crippen MR) is 161 cm³/mol. The Bertz CT molecular complexity index is 1920. The van der Waals surface area contributed by atoms with E-state index in [1.54, 1.807) is 46.8 Å². The van der Waals surface area contributed by atoms with Crippen LogP contribution in [0.15, 0.2) is 67.3 Å². The van der Waals surface area contributed by atoms with Gasteiger partial charge in [-0.05, 0) is 69.6 Å². The smallest absolute Gasteiger partial charge is 0.262 e. The van der Waals surface area contributed by atoms with Gasteiger partial charge in [0.05, 0.1) is 23.5 Å². The molecule has 0 aliphatic carbocycles. The van der Waals surface area contributed by atoms with Crippen LogP contribution >= 0.6 is 11.3 Å². The van der Waals surface area contributed by atoms with E-state index in [0.717, 1.165) is 39.9 Å². The van der Waals surface area contributed by atoms with Crippen LogP contribution in [-0.2, 0) is 0 Å². The van der Waals surface area contributed by atoms with E-state index in [-0.39, 0.29) is 17.6 Å². The van der Waals surface area contributed by atoms with E-state index in [1.807, 2.05) is 23.1 Å². The molecule has 0 unspecified atom stereocenters. The van der Waals surface area contributed by atoms with Gasteiger partial charge in [-0.2, -0.15) is 9.78 Å². The van der Waals surface area contributed by atoms with Crippen molar-refractivity contribution in [3.63, 3.8) is 0 Å². The molecule has 1 N–H and O–H groups in total. The minimum Gasteiger partial charge on any atom is -0.315 e. The second kappa shape index (κ2) is 10.7. The topological polar surface area (TPSA) is 107 Å². The van der Waals surface area contributed by atoms with Crippen molar-refractivity contribution in [2.75, 3.05) is 18.0 Å². The highest BCUT2D eigenvalue weighted by Gasteiger charge is 2.32. The zero-order valence-corrected chi connectivity index (χ0v) is 23.9. The van der Waals surface area contributed by atoms with Gasteiger partial charge in [-0.15, -0.1) is 16.4 Å². The van der Waals surface area contributed by atoms with E-state index in [4.69, 9.17) is 4.98 Å². The number of nitrogens with one attached hydrogen (secondary N) is 1. The van der Waals surface area contributed by atoms with Crippen LogP contribution in [0.2, 0.25) is 0 Å². The lowest BCUT2D eigenvalue weighted by Gasteiger charge is -2.34. The summed E-state index contributed by atoms with van der Waals surface area (Å²) in [7, 11) is 0. The van der Waals surface area contributed by atoms with Crippen molar-refractivity contribution in [3.8, 4) is 16.1 Å². The summed E-state index contributed by atoms with van der Waals surface area (Å²) in [5, 5.41) is 17.0. The summed E-state index contributed by atoms with van der Waals surface area (Å²) in [6.45, 7) is 5.64. The number of hydrogen-bond donors (Lipinski definition) is 1. The maximum atomic E-state index is 15.8. The summed E-state index contributed by atoms with van der Waals surface area (Å²) in [5.74, 6) is -0.556. The van der Waals surface area contributed by atoms with E-state index < -0.39 is 11.7 Å². The van der Waals surface area contributed by atoms with Crippen molar-refractivity contribution >= 4 is 44.3 Å². The molecule has 5 aromatic heterocycles. The number of aromatic nitrogens is 7. The van der Waals surface area contributed by atoms with Gasteiger partial charge in [-0.3, -0.25) is 14.4 Å². The molecule has 0 saturated carbocycles. The fourth-order valence-corrected chi connectivity index (χ4v) is 6.42. The van der Waals surface area contributed by atoms with Gasteiger partial charge in [0.25, 0.3) is 5.91 Å². The van der Waals surface area contributed by atoms with Crippen LogP contribution in [0, 0.1) is 5.82 Å². The molecule has 12 heteroatoms. The number of piperidine rings is 1. The molecular weight excluding hydrogens is 553 g/mol. The third-order valence-corrected chi connectivity index (χ3v) is 8.71. The number of thiophene rings is 1. The van der Waals surface area contributed by atoms with E-state index in [1.165, 1.54) is 16.8 Å². The lowest BCUT2D eigenvalue weighted by Crippen LogP contribution is -2.49. The molecule has 7 rings (SSSR count). The highest BCUT2D eigenvalue weighted by Crippen LogP contribution is 2.39. The maximum Gasteiger partial charge on any atom is 0.262 e. The standard InChI is InChI=1S/C30H28FN9OS/c1-18(2)38-17-19(15-35-38)27-14-23-26(42-27)9-12-34-28(23)39(21-5-3-10-32-16-21)30(41)22-8-7-20(13-24(22)31)40-29-25(36-37-40)6-4-11-33-29/h4,6-9,11-15,17-18,21,32H,3,5,10,16H2,1-2H3/t21-/m1/s1. The van der Waals surface area contributed by atoms with Crippen LogP contribution in [0.4, 0.5) is 10.2 Å². The monoisotopic (exact) mass is 581 g/mol. The van der Waals surface area contributed by atoms with E-state index in [9.17, 15) is 4.79 Å². The second-order valence-electron chi connectivity index (χ2n) is 10.6. The summed E-state index contributed by atoms with van der Waals surface area (Å²) in [4.78, 5) is 26.0. The zero-order chi connectivity index (χ0) is 28.8. The highest BCUT2D eigenvalue weighted by atomic mass is 32.1. The molecule has 6 aromatic rings. The van der Waals surface area contributed by atoms with Crippen molar-refractivity contribution in [2.24, 2.45) is 0 Å². The van der Waals surface area contributed by atoms with Gasteiger partial charge in [0, 0.05) is 57.8 Å². The first-order valence-corrected chi connectivity index (χ1v) is 14.7. The maximum absolute atomic E-state index is 15.8. The van der Waals surface area contributed by atoms with Crippen LogP contribution in [0.5, 0.6) is 0 Å². The Morgan fingerprint density at radius 1 is 1.17 bits per heavy atom. The number of hydrogen-bond acceptors (Lipinski definition) is 8. The summed E-state index contributed by atoms with van der Waals surface area (Å²) < 4.78 is 20.2. The summed E-state index contributed by atoms with van der Waals surface area (Å²) >= 11 is 1.62. The van der Waals surface area contributed by atoms with Crippen LogP contribution in [0.3, 0.4) is 0 Å². The first kappa shape index (κ1) is 26.4. The first-order chi connectivity index (χ1) is 20.5. The number of carbonyl (C=O) groups excluding carboxylic acids is 1. The van der Waals surface area contributed by atoms with Crippen molar-refractivity contribution in [2.45, 2.75) is 38.8 Å². The highest BCUT2D eigenvalue weighted by molar-refractivity contribution is 7.22. The number of pyridine rings is 2. The Morgan fingerprint density at radius 3 is 2.86 bits per heavy atom. The lowest BCUT2D eigenvalue weighted by molar-refractivity contribution is 0.0968. The number of fused-ring (bicyclic) bond motifs is 2. The Hall–Kier alpha value is -4.55. The summed E-state index contributed by atoms with van der Waals surface area (Å²) in [6.07, 6.45) is 8.92. The Balaban J connectivity index is 1.29. The fourth-order valence-electron chi connectivity index (χ4n) is 5.40. The molecular formula is C30H28FN9OS. The SMILES string of the molecule is CC(C)n1cc(-c2cc3c(N(C(=O)c4ccc(-n5nnc6cccnc65)cc4F)[C@@H]4CCCNC4)nccc3s2)cn1. The van der Waals surface area contributed by atoms with Gasteiger partial charge < -0.3 is 5.32 Å². The number of nitrogens with zero attached hydrogens (tertiary/aromatic N) is 8. The number of anilines is 1. The quantitative estimate of drug-likeness (QED) is 0.280. The summed E-state index contributed by atoms with van der Waals surface area (Å²) in [6, 6.07) is 12.1. The van der Waals surface area contributed by atoms with Crippen molar-refractivity contribution < 1.29 is 9.18 Å². The van der Waals surface area contributed by atoms with E-state index in [2.05, 4.69) is 45.6 Å². The number of halogens is 1. The Morgan fingerprint density at radius 2 is 2.07 bits per heavy atom. The molecule has 1 amide bonds. The minimum atomic E-state index is -0.648. The first-order valence-electron chi connectivity index (χ1n) is 13.9. The molecule has 0 spiro atoms. The number of amides is 1. The average molecular weight is 582 g/mol. The Labute approximate surface area is 244 Å². The molecule has 0 bridgehead atoms. The van der Waals surface area contributed by atoms with Gasteiger partial charge in [-0.1, -0.05) is 5.21 Å². The average Bonchev–Trinajstić information content (AvgIpc) is 3.76. The molecule has 1 fully saturated rings. The lowest BCUT2D eigenvalue weighted by atomic mass is 10.0. The molecule has 1 saturated heterocycles. The van der Waals surface area contributed by atoms with E-state index in [0.29, 0.717) is 29.2 Å². The van der Waals surface area contributed by atoms with Gasteiger partial charge in [0.15, 0.2) is 5.65 Å². The molecule has 1 aliphatic rings. The van der Waals surface area contributed by atoms with E-state index >= 15 is 4.39 Å². The second-order valence-corrected chi connectivity index (χ2v) is 11.7. The van der Waals surface area contributed by atoms with Crippen molar-refractivity contribution in [1.29, 1.82) is 0 Å². The van der Waals surface area contributed by atoms with Gasteiger partial charge in [-0.25, -0.2) is 14.4 Å². The van der Waals surface area contributed by atoms with Gasteiger partial charge >= 0.3 is 0 Å².